The molecule has 3 N–H and O–H groups in total. The second-order valence-electron chi connectivity index (χ2n) is 6.16. The molecular formula is C13H24ClN3O3S. The minimum absolute atomic E-state index is 0.0638. The van der Waals surface area contributed by atoms with Gasteiger partial charge in [0.15, 0.2) is 9.84 Å². The van der Waals surface area contributed by atoms with Gasteiger partial charge < -0.3 is 11.1 Å². The average Bonchev–Trinajstić information content (AvgIpc) is 2.62. The summed E-state index contributed by atoms with van der Waals surface area (Å²) in [6.07, 6.45) is 2.19. The van der Waals surface area contributed by atoms with Crippen molar-refractivity contribution in [2.75, 3.05) is 31.1 Å². The van der Waals surface area contributed by atoms with Crippen molar-refractivity contribution < 1.29 is 13.2 Å². The standard InChI is InChI=1S/C13H24ClN3O3S/c1-9-3-2-4-17(12(9)5-15)6-13(18)16-11-8-21(19,20)7-10(11)14/h9-12H,2-8,15H2,1H3,(H,16,18). The molecule has 0 aromatic heterocycles. The van der Waals surface area contributed by atoms with Gasteiger partial charge in [-0.3, -0.25) is 9.69 Å². The number of hydrogen-bond acceptors (Lipinski definition) is 5. The summed E-state index contributed by atoms with van der Waals surface area (Å²) in [6.45, 7) is 3.80. The number of nitrogens with two attached hydrogens (primary N) is 1. The molecule has 2 fully saturated rings. The third-order valence-electron chi connectivity index (χ3n) is 4.45. The summed E-state index contributed by atoms with van der Waals surface area (Å²) in [7, 11) is -3.13. The van der Waals surface area contributed by atoms with Crippen molar-refractivity contribution in [2.45, 2.75) is 37.2 Å². The fourth-order valence-electron chi connectivity index (χ4n) is 3.29. The summed E-state index contributed by atoms with van der Waals surface area (Å²) in [5.74, 6) is 0.175. The number of carbonyl (C=O) groups is 1. The lowest BCUT2D eigenvalue weighted by Crippen LogP contribution is -2.53. The van der Waals surface area contributed by atoms with E-state index in [-0.39, 0.29) is 30.0 Å². The summed E-state index contributed by atoms with van der Waals surface area (Å²) in [5, 5.41) is 2.22. The first-order chi connectivity index (χ1) is 9.82. The SMILES string of the molecule is CC1CCCN(CC(=O)NC2CS(=O)(=O)CC2Cl)C1CN. The molecule has 4 unspecified atom stereocenters. The molecule has 0 aliphatic carbocycles. The number of carbonyl (C=O) groups excluding carboxylic acids is 1. The van der Waals surface area contributed by atoms with E-state index in [0.29, 0.717) is 12.5 Å². The van der Waals surface area contributed by atoms with Crippen LogP contribution in [-0.4, -0.2) is 67.8 Å². The number of alkyl halides is 1. The van der Waals surface area contributed by atoms with Gasteiger partial charge in [-0.25, -0.2) is 8.42 Å². The van der Waals surface area contributed by atoms with Gasteiger partial charge in [0.1, 0.15) is 0 Å². The average molecular weight is 338 g/mol. The number of rotatable bonds is 4. The lowest BCUT2D eigenvalue weighted by molar-refractivity contribution is -0.124. The summed E-state index contributed by atoms with van der Waals surface area (Å²) < 4.78 is 23.0. The van der Waals surface area contributed by atoms with E-state index in [1.807, 2.05) is 0 Å². The highest BCUT2D eigenvalue weighted by atomic mass is 35.5. The van der Waals surface area contributed by atoms with E-state index < -0.39 is 21.3 Å². The fraction of sp³-hybridized carbons (Fsp3) is 0.923. The number of likely N-dealkylation sites (tertiary alicyclic amines) is 1. The number of sulfone groups is 1. The van der Waals surface area contributed by atoms with Crippen LogP contribution in [0.4, 0.5) is 0 Å². The molecule has 0 radical (unpaired) electrons. The Balaban J connectivity index is 1.89. The van der Waals surface area contributed by atoms with Crippen LogP contribution in [0.3, 0.4) is 0 Å². The summed E-state index contributed by atoms with van der Waals surface area (Å²) in [5.41, 5.74) is 5.81. The summed E-state index contributed by atoms with van der Waals surface area (Å²) in [6, 6.07) is -0.272. The zero-order valence-electron chi connectivity index (χ0n) is 12.3. The molecule has 122 valence electrons. The van der Waals surface area contributed by atoms with Crippen molar-refractivity contribution in [2.24, 2.45) is 11.7 Å². The first-order valence-corrected chi connectivity index (χ1v) is 9.66. The highest BCUT2D eigenvalue weighted by Crippen LogP contribution is 2.22. The predicted molar refractivity (Wildman–Crippen MR) is 83.0 cm³/mol. The highest BCUT2D eigenvalue weighted by Gasteiger charge is 2.38. The first-order valence-electron chi connectivity index (χ1n) is 7.40. The molecule has 2 heterocycles. The Morgan fingerprint density at radius 2 is 2.14 bits per heavy atom. The van der Waals surface area contributed by atoms with Crippen molar-refractivity contribution >= 4 is 27.3 Å². The van der Waals surface area contributed by atoms with Gasteiger partial charge in [0.05, 0.1) is 29.5 Å². The third-order valence-corrected chi connectivity index (χ3v) is 6.82. The molecule has 2 saturated heterocycles. The van der Waals surface area contributed by atoms with Crippen LogP contribution in [0, 0.1) is 5.92 Å². The number of nitrogens with zero attached hydrogens (tertiary/aromatic N) is 1. The topological polar surface area (TPSA) is 92.5 Å². The van der Waals surface area contributed by atoms with E-state index in [1.54, 1.807) is 0 Å². The van der Waals surface area contributed by atoms with Crippen LogP contribution in [0.15, 0.2) is 0 Å². The van der Waals surface area contributed by atoms with E-state index in [4.69, 9.17) is 17.3 Å². The predicted octanol–water partition coefficient (Wildman–Crippen LogP) is -0.434. The molecule has 0 aromatic carbocycles. The molecule has 8 heteroatoms. The van der Waals surface area contributed by atoms with Gasteiger partial charge in [-0.1, -0.05) is 6.92 Å². The van der Waals surface area contributed by atoms with Crippen molar-refractivity contribution in [1.82, 2.24) is 10.2 Å². The third kappa shape index (κ3) is 4.31. The Morgan fingerprint density at radius 1 is 1.43 bits per heavy atom. The Hall–Kier alpha value is -0.370. The molecule has 0 saturated carbocycles. The van der Waals surface area contributed by atoms with E-state index in [0.717, 1.165) is 19.4 Å². The molecule has 2 aliphatic heterocycles. The second-order valence-corrected chi connectivity index (χ2v) is 8.87. The molecule has 2 aliphatic rings. The van der Waals surface area contributed by atoms with Crippen LogP contribution in [0.1, 0.15) is 19.8 Å². The number of piperidine rings is 1. The first kappa shape index (κ1) is 17.0. The van der Waals surface area contributed by atoms with Crippen molar-refractivity contribution in [3.8, 4) is 0 Å². The Morgan fingerprint density at radius 3 is 2.71 bits per heavy atom. The Bertz CT molecular complexity index is 485. The molecule has 0 aromatic rings. The molecule has 2 rings (SSSR count). The largest absolute Gasteiger partial charge is 0.350 e. The van der Waals surface area contributed by atoms with E-state index in [9.17, 15) is 13.2 Å². The van der Waals surface area contributed by atoms with E-state index >= 15 is 0 Å². The number of nitrogens with one attached hydrogen (secondary N) is 1. The monoisotopic (exact) mass is 337 g/mol. The molecular weight excluding hydrogens is 314 g/mol. The van der Waals surface area contributed by atoms with Gasteiger partial charge in [0, 0.05) is 12.6 Å². The van der Waals surface area contributed by atoms with Crippen molar-refractivity contribution in [1.29, 1.82) is 0 Å². The number of halogens is 1. The van der Waals surface area contributed by atoms with Gasteiger partial charge in [-0.15, -0.1) is 11.6 Å². The molecule has 1 amide bonds. The van der Waals surface area contributed by atoms with Gasteiger partial charge in [0.2, 0.25) is 5.91 Å². The molecule has 4 atom stereocenters. The Kier molecular flexibility index (Phi) is 5.51. The second kappa shape index (κ2) is 6.81. The lowest BCUT2D eigenvalue weighted by Gasteiger charge is -2.39. The highest BCUT2D eigenvalue weighted by molar-refractivity contribution is 7.91. The smallest absolute Gasteiger partial charge is 0.234 e. The fourth-order valence-corrected chi connectivity index (χ4v) is 5.84. The van der Waals surface area contributed by atoms with Gasteiger partial charge in [-0.2, -0.15) is 0 Å². The van der Waals surface area contributed by atoms with Crippen LogP contribution >= 0.6 is 11.6 Å². The molecule has 0 spiro atoms. The van der Waals surface area contributed by atoms with E-state index in [1.165, 1.54) is 0 Å². The maximum absolute atomic E-state index is 12.1. The number of amides is 1. The zero-order chi connectivity index (χ0) is 15.6. The van der Waals surface area contributed by atoms with Crippen LogP contribution in [0.25, 0.3) is 0 Å². The number of hydrogen-bond donors (Lipinski definition) is 2. The van der Waals surface area contributed by atoms with E-state index in [2.05, 4.69) is 17.1 Å². The molecule has 0 bridgehead atoms. The van der Waals surface area contributed by atoms with Crippen LogP contribution in [-0.2, 0) is 14.6 Å². The minimum atomic E-state index is -3.13. The van der Waals surface area contributed by atoms with Crippen LogP contribution in [0.5, 0.6) is 0 Å². The summed E-state index contributed by atoms with van der Waals surface area (Å²) >= 11 is 6.00. The van der Waals surface area contributed by atoms with Crippen LogP contribution < -0.4 is 11.1 Å². The quantitative estimate of drug-likeness (QED) is 0.679. The maximum Gasteiger partial charge on any atom is 0.234 e. The maximum atomic E-state index is 12.1. The van der Waals surface area contributed by atoms with Crippen molar-refractivity contribution in [3.63, 3.8) is 0 Å². The lowest BCUT2D eigenvalue weighted by atomic mass is 9.91. The van der Waals surface area contributed by atoms with Crippen LogP contribution in [0.2, 0.25) is 0 Å². The van der Waals surface area contributed by atoms with Crippen molar-refractivity contribution in [3.05, 3.63) is 0 Å². The minimum Gasteiger partial charge on any atom is -0.350 e. The normalized spacial score (nSPS) is 36.5. The molecule has 6 nitrogen and oxygen atoms in total. The van der Waals surface area contributed by atoms with Gasteiger partial charge in [-0.05, 0) is 25.3 Å². The van der Waals surface area contributed by atoms with Gasteiger partial charge in [0.25, 0.3) is 0 Å². The summed E-state index contributed by atoms with van der Waals surface area (Å²) in [4.78, 5) is 14.2. The Labute approximate surface area is 131 Å². The van der Waals surface area contributed by atoms with Gasteiger partial charge >= 0.3 is 0 Å². The molecule has 21 heavy (non-hydrogen) atoms. The zero-order valence-corrected chi connectivity index (χ0v) is 13.9.